The Hall–Kier alpha value is -2.09. The summed E-state index contributed by atoms with van der Waals surface area (Å²) >= 11 is 0. The van der Waals surface area contributed by atoms with E-state index >= 15 is 0 Å². The van der Waals surface area contributed by atoms with Crippen LogP contribution in [0, 0.1) is 0 Å². The second-order valence-electron chi connectivity index (χ2n) is 4.81. The van der Waals surface area contributed by atoms with Crippen molar-refractivity contribution in [3.63, 3.8) is 0 Å². The molecule has 1 atom stereocenters. The molecule has 0 heterocycles. The zero-order valence-electron chi connectivity index (χ0n) is 12.5. The lowest BCUT2D eigenvalue weighted by atomic mass is 10.1. The van der Waals surface area contributed by atoms with Crippen LogP contribution in [0.25, 0.3) is 0 Å². The van der Waals surface area contributed by atoms with E-state index in [9.17, 15) is 22.8 Å². The van der Waals surface area contributed by atoms with Crippen molar-refractivity contribution in [1.82, 2.24) is 15.5 Å². The van der Waals surface area contributed by atoms with Crippen LogP contribution in [0.2, 0.25) is 0 Å². The zero-order chi connectivity index (χ0) is 16.9. The molecule has 1 aromatic carbocycles. The lowest BCUT2D eigenvalue weighted by Gasteiger charge is -2.25. The van der Waals surface area contributed by atoms with E-state index in [-0.39, 0.29) is 12.1 Å². The van der Waals surface area contributed by atoms with Crippen molar-refractivity contribution >= 4 is 11.9 Å². The predicted molar refractivity (Wildman–Crippen MR) is 75.0 cm³/mol. The molecular formula is C14H18F3N3O2. The molecule has 0 aliphatic rings. The van der Waals surface area contributed by atoms with Crippen molar-refractivity contribution in [2.45, 2.75) is 25.7 Å². The Morgan fingerprint density at radius 3 is 2.41 bits per heavy atom. The zero-order valence-corrected chi connectivity index (χ0v) is 12.5. The maximum Gasteiger partial charge on any atom is 0.416 e. The van der Waals surface area contributed by atoms with Crippen molar-refractivity contribution in [3.05, 3.63) is 35.4 Å². The number of halogens is 3. The molecule has 0 aliphatic carbocycles. The number of urea groups is 1. The molecule has 2 N–H and O–H groups in total. The van der Waals surface area contributed by atoms with E-state index in [1.165, 1.54) is 44.1 Å². The minimum Gasteiger partial charge on any atom is -0.341 e. The van der Waals surface area contributed by atoms with Crippen molar-refractivity contribution in [3.8, 4) is 0 Å². The first-order valence-corrected chi connectivity index (χ1v) is 6.54. The van der Waals surface area contributed by atoms with Crippen LogP contribution in [0.1, 0.15) is 18.1 Å². The average molecular weight is 317 g/mol. The minimum absolute atomic E-state index is 0.0668. The van der Waals surface area contributed by atoms with Crippen LogP contribution < -0.4 is 10.6 Å². The van der Waals surface area contributed by atoms with Gasteiger partial charge in [-0.2, -0.15) is 13.2 Å². The van der Waals surface area contributed by atoms with E-state index in [1.54, 1.807) is 0 Å². The normalized spacial score (nSPS) is 12.9. The Morgan fingerprint density at radius 2 is 1.86 bits per heavy atom. The SMILES string of the molecule is CNC(=O)NC(=O)[C@H](C)N(C)Cc1ccccc1C(F)(F)F. The van der Waals surface area contributed by atoms with E-state index in [0.29, 0.717) is 0 Å². The molecule has 3 amide bonds. The van der Waals surface area contributed by atoms with Gasteiger partial charge in [0.15, 0.2) is 0 Å². The topological polar surface area (TPSA) is 61.4 Å². The lowest BCUT2D eigenvalue weighted by Crippen LogP contribution is -2.47. The predicted octanol–water partition coefficient (Wildman–Crippen LogP) is 1.98. The van der Waals surface area contributed by atoms with Crippen molar-refractivity contribution < 1.29 is 22.8 Å². The van der Waals surface area contributed by atoms with Crippen LogP contribution in [-0.2, 0) is 17.5 Å². The molecule has 0 unspecified atom stereocenters. The average Bonchev–Trinajstić information content (AvgIpc) is 2.45. The number of imide groups is 1. The van der Waals surface area contributed by atoms with Gasteiger partial charge in [0.2, 0.25) is 5.91 Å². The third kappa shape index (κ3) is 4.73. The summed E-state index contributed by atoms with van der Waals surface area (Å²) in [6.07, 6.45) is -4.45. The number of alkyl halides is 3. The molecule has 122 valence electrons. The fourth-order valence-corrected chi connectivity index (χ4v) is 1.82. The van der Waals surface area contributed by atoms with Gasteiger partial charge in [-0.05, 0) is 25.6 Å². The number of nitrogens with zero attached hydrogens (tertiary/aromatic N) is 1. The summed E-state index contributed by atoms with van der Waals surface area (Å²) < 4.78 is 38.8. The third-order valence-corrected chi connectivity index (χ3v) is 3.25. The summed E-state index contributed by atoms with van der Waals surface area (Å²) in [5.74, 6) is -0.591. The van der Waals surface area contributed by atoms with Crippen molar-refractivity contribution in [2.75, 3.05) is 14.1 Å². The maximum absolute atomic E-state index is 12.9. The van der Waals surface area contributed by atoms with E-state index in [4.69, 9.17) is 0 Å². The molecule has 1 aromatic rings. The van der Waals surface area contributed by atoms with Crippen LogP contribution >= 0.6 is 0 Å². The highest BCUT2D eigenvalue weighted by atomic mass is 19.4. The van der Waals surface area contributed by atoms with Gasteiger partial charge in [0.05, 0.1) is 11.6 Å². The van der Waals surface area contributed by atoms with Gasteiger partial charge in [0.25, 0.3) is 0 Å². The van der Waals surface area contributed by atoms with Crippen LogP contribution in [-0.4, -0.2) is 37.0 Å². The highest BCUT2D eigenvalue weighted by Gasteiger charge is 2.33. The molecule has 0 aromatic heterocycles. The first-order chi connectivity index (χ1) is 10.2. The molecule has 22 heavy (non-hydrogen) atoms. The molecule has 0 spiro atoms. The second-order valence-corrected chi connectivity index (χ2v) is 4.81. The van der Waals surface area contributed by atoms with Gasteiger partial charge in [0, 0.05) is 13.6 Å². The first kappa shape index (κ1) is 18.0. The van der Waals surface area contributed by atoms with E-state index < -0.39 is 29.7 Å². The molecule has 0 radical (unpaired) electrons. The Labute approximate surface area is 126 Å². The summed E-state index contributed by atoms with van der Waals surface area (Å²) in [5, 5.41) is 4.32. The Bertz CT molecular complexity index is 546. The molecule has 5 nitrogen and oxygen atoms in total. The second kappa shape index (κ2) is 7.26. The molecule has 1 rings (SSSR count). The number of hydrogen-bond donors (Lipinski definition) is 2. The Balaban J connectivity index is 2.83. The van der Waals surface area contributed by atoms with Crippen molar-refractivity contribution in [2.24, 2.45) is 0 Å². The molecular weight excluding hydrogens is 299 g/mol. The highest BCUT2D eigenvalue weighted by molar-refractivity contribution is 5.96. The lowest BCUT2D eigenvalue weighted by molar-refractivity contribution is -0.138. The fraction of sp³-hybridized carbons (Fsp3) is 0.429. The number of hydrogen-bond acceptors (Lipinski definition) is 3. The molecule has 8 heteroatoms. The fourth-order valence-electron chi connectivity index (χ4n) is 1.82. The van der Waals surface area contributed by atoms with Gasteiger partial charge in [-0.3, -0.25) is 15.0 Å². The Kier molecular flexibility index (Phi) is 5.92. The number of carbonyl (C=O) groups is 2. The first-order valence-electron chi connectivity index (χ1n) is 6.54. The van der Waals surface area contributed by atoms with E-state index in [1.807, 2.05) is 0 Å². The van der Waals surface area contributed by atoms with Crippen LogP contribution in [0.4, 0.5) is 18.0 Å². The van der Waals surface area contributed by atoms with E-state index in [0.717, 1.165) is 6.07 Å². The molecule has 0 bridgehead atoms. The number of benzene rings is 1. The molecule has 0 fully saturated rings. The van der Waals surface area contributed by atoms with Crippen LogP contribution in [0.3, 0.4) is 0 Å². The number of amides is 3. The van der Waals surface area contributed by atoms with Gasteiger partial charge in [-0.15, -0.1) is 0 Å². The third-order valence-electron chi connectivity index (χ3n) is 3.25. The standard InChI is InChI=1S/C14H18F3N3O2/c1-9(12(21)19-13(22)18-2)20(3)8-10-6-4-5-7-11(10)14(15,16)17/h4-7,9H,8H2,1-3H3,(H2,18,19,21,22)/t9-/m0/s1. The number of nitrogens with one attached hydrogen (secondary N) is 2. The monoisotopic (exact) mass is 317 g/mol. The van der Waals surface area contributed by atoms with Crippen LogP contribution in [0.15, 0.2) is 24.3 Å². The maximum atomic E-state index is 12.9. The Morgan fingerprint density at radius 1 is 1.27 bits per heavy atom. The smallest absolute Gasteiger partial charge is 0.341 e. The minimum atomic E-state index is -4.45. The van der Waals surface area contributed by atoms with E-state index in [2.05, 4.69) is 10.6 Å². The largest absolute Gasteiger partial charge is 0.416 e. The molecule has 0 saturated carbocycles. The summed E-state index contributed by atoms with van der Waals surface area (Å²) in [6.45, 7) is 1.44. The summed E-state index contributed by atoms with van der Waals surface area (Å²) in [5.41, 5.74) is -0.669. The van der Waals surface area contributed by atoms with Gasteiger partial charge in [-0.1, -0.05) is 18.2 Å². The number of carbonyl (C=O) groups excluding carboxylic acids is 2. The number of rotatable bonds is 4. The van der Waals surface area contributed by atoms with Crippen molar-refractivity contribution in [1.29, 1.82) is 0 Å². The molecule has 0 saturated heterocycles. The molecule has 0 aliphatic heterocycles. The quantitative estimate of drug-likeness (QED) is 0.893. The summed E-state index contributed by atoms with van der Waals surface area (Å²) in [7, 11) is 2.87. The van der Waals surface area contributed by atoms with Gasteiger partial charge in [-0.25, -0.2) is 4.79 Å². The van der Waals surface area contributed by atoms with Gasteiger partial charge < -0.3 is 5.32 Å². The summed E-state index contributed by atoms with van der Waals surface area (Å²) in [4.78, 5) is 24.3. The van der Waals surface area contributed by atoms with Gasteiger partial charge >= 0.3 is 12.2 Å². The van der Waals surface area contributed by atoms with Gasteiger partial charge in [0.1, 0.15) is 0 Å². The number of likely N-dealkylation sites (N-methyl/N-ethyl adjacent to an activating group) is 1. The summed E-state index contributed by atoms with van der Waals surface area (Å²) in [6, 6.07) is 3.75. The highest BCUT2D eigenvalue weighted by Crippen LogP contribution is 2.32. The van der Waals surface area contributed by atoms with Crippen LogP contribution in [0.5, 0.6) is 0 Å².